The molecule has 0 radical (unpaired) electrons. The Labute approximate surface area is 83.8 Å². The van der Waals surface area contributed by atoms with Gasteiger partial charge in [-0.15, -0.1) is 0 Å². The number of carbonyl (C=O) groups is 1. The molecule has 0 heterocycles. The van der Waals surface area contributed by atoms with Crippen molar-refractivity contribution in [3.8, 4) is 0 Å². The van der Waals surface area contributed by atoms with Crippen LogP contribution in [-0.2, 0) is 14.4 Å². The summed E-state index contributed by atoms with van der Waals surface area (Å²) in [7, 11) is 0. The zero-order valence-corrected chi connectivity index (χ0v) is 8.74. The molecule has 1 N–H and O–H groups in total. The van der Waals surface area contributed by atoms with Crippen molar-refractivity contribution in [2.75, 3.05) is 6.61 Å². The highest BCUT2D eigenvalue weighted by molar-refractivity contribution is 5.87. The maximum absolute atomic E-state index is 11.2. The van der Waals surface area contributed by atoms with Crippen molar-refractivity contribution in [3.05, 3.63) is 24.3 Å². The van der Waals surface area contributed by atoms with E-state index in [9.17, 15) is 4.79 Å². The summed E-state index contributed by atoms with van der Waals surface area (Å²) in [6.45, 7) is 8.33. The third-order valence-corrected chi connectivity index (χ3v) is 1.89. The first-order valence-corrected chi connectivity index (χ1v) is 4.25. The van der Waals surface area contributed by atoms with Crippen LogP contribution in [0.25, 0.3) is 0 Å². The summed E-state index contributed by atoms with van der Waals surface area (Å²) < 4.78 is 4.88. The largest absolute Gasteiger partial charge is 0.459 e. The molecule has 80 valence electrons. The minimum atomic E-state index is -1.05. The van der Waals surface area contributed by atoms with E-state index in [2.05, 4.69) is 11.5 Å². The zero-order valence-electron chi connectivity index (χ0n) is 8.74. The third kappa shape index (κ3) is 3.72. The predicted molar refractivity (Wildman–Crippen MR) is 52.7 cm³/mol. The highest BCUT2D eigenvalue weighted by atomic mass is 17.1. The number of ether oxygens (including phenoxy) is 1. The van der Waals surface area contributed by atoms with Crippen LogP contribution < -0.4 is 0 Å². The Morgan fingerprint density at radius 3 is 2.57 bits per heavy atom. The van der Waals surface area contributed by atoms with Crippen molar-refractivity contribution < 1.29 is 19.7 Å². The smallest absolute Gasteiger partial charge is 0.333 e. The minimum Gasteiger partial charge on any atom is -0.459 e. The molecule has 0 aliphatic carbocycles. The topological polar surface area (TPSA) is 55.8 Å². The second-order valence-corrected chi connectivity index (χ2v) is 3.16. The molecule has 0 aromatic heterocycles. The van der Waals surface area contributed by atoms with Gasteiger partial charge in [0.15, 0.2) is 5.60 Å². The van der Waals surface area contributed by atoms with Gasteiger partial charge in [-0.1, -0.05) is 18.7 Å². The average molecular weight is 200 g/mol. The van der Waals surface area contributed by atoms with Crippen LogP contribution in [0.1, 0.15) is 20.8 Å². The Bertz CT molecular complexity index is 245. The van der Waals surface area contributed by atoms with Gasteiger partial charge >= 0.3 is 5.97 Å². The molecule has 0 amide bonds. The van der Waals surface area contributed by atoms with Gasteiger partial charge in [-0.05, 0) is 20.8 Å². The molecule has 0 aliphatic rings. The molecule has 0 bridgehead atoms. The van der Waals surface area contributed by atoms with Crippen LogP contribution in [0.5, 0.6) is 0 Å². The number of allylic oxidation sites excluding steroid dienone is 1. The lowest BCUT2D eigenvalue weighted by molar-refractivity contribution is -0.309. The van der Waals surface area contributed by atoms with Crippen LogP contribution in [0.15, 0.2) is 24.3 Å². The van der Waals surface area contributed by atoms with E-state index in [1.165, 1.54) is 6.08 Å². The molecule has 0 saturated carbocycles. The number of esters is 1. The molecule has 0 fully saturated rings. The van der Waals surface area contributed by atoms with Gasteiger partial charge < -0.3 is 4.74 Å². The normalized spacial score (nSPS) is 15.9. The molecule has 0 aromatic carbocycles. The standard InChI is InChI=1S/C10H16O4/c1-5-8(3)9(11)13-7-10(4,6-2)14-12/h5-6,12H,2,7H2,1,3-4H3/b8-5-. The first kappa shape index (κ1) is 12.9. The van der Waals surface area contributed by atoms with E-state index in [4.69, 9.17) is 9.99 Å². The molecule has 0 aromatic rings. The van der Waals surface area contributed by atoms with Crippen LogP contribution in [0.2, 0.25) is 0 Å². The van der Waals surface area contributed by atoms with E-state index in [0.717, 1.165) is 0 Å². The van der Waals surface area contributed by atoms with Gasteiger partial charge in [0, 0.05) is 5.57 Å². The van der Waals surface area contributed by atoms with Gasteiger partial charge in [-0.3, -0.25) is 5.26 Å². The molecule has 0 saturated heterocycles. The van der Waals surface area contributed by atoms with E-state index in [-0.39, 0.29) is 6.61 Å². The van der Waals surface area contributed by atoms with Crippen LogP contribution in [0, 0.1) is 0 Å². The number of rotatable bonds is 5. The van der Waals surface area contributed by atoms with Crippen molar-refractivity contribution >= 4 is 5.97 Å². The van der Waals surface area contributed by atoms with Crippen molar-refractivity contribution in [1.29, 1.82) is 0 Å². The van der Waals surface area contributed by atoms with Crippen LogP contribution in [0.4, 0.5) is 0 Å². The Morgan fingerprint density at radius 2 is 2.21 bits per heavy atom. The van der Waals surface area contributed by atoms with Gasteiger partial charge in [0.2, 0.25) is 0 Å². The van der Waals surface area contributed by atoms with Crippen molar-refractivity contribution in [2.45, 2.75) is 26.4 Å². The summed E-state index contributed by atoms with van der Waals surface area (Å²) in [5, 5.41) is 8.52. The summed E-state index contributed by atoms with van der Waals surface area (Å²) in [5.74, 6) is -0.433. The second kappa shape index (κ2) is 5.57. The molecule has 1 atom stereocenters. The Balaban J connectivity index is 4.18. The first-order chi connectivity index (χ1) is 6.49. The fourth-order valence-electron chi connectivity index (χ4n) is 0.563. The maximum atomic E-state index is 11.2. The Hall–Kier alpha value is -1.13. The molecule has 0 aliphatic heterocycles. The summed E-state index contributed by atoms with van der Waals surface area (Å²) in [6.07, 6.45) is 3.01. The Kier molecular flexibility index (Phi) is 5.12. The molecular weight excluding hydrogens is 184 g/mol. The molecular formula is C10H16O4. The van der Waals surface area contributed by atoms with Crippen LogP contribution in [-0.4, -0.2) is 23.4 Å². The van der Waals surface area contributed by atoms with Crippen LogP contribution >= 0.6 is 0 Å². The predicted octanol–water partition coefficient (Wildman–Crippen LogP) is 1.93. The van der Waals surface area contributed by atoms with Crippen molar-refractivity contribution in [2.24, 2.45) is 0 Å². The summed E-state index contributed by atoms with van der Waals surface area (Å²) in [4.78, 5) is 15.3. The van der Waals surface area contributed by atoms with Gasteiger partial charge in [-0.2, -0.15) is 0 Å². The average Bonchev–Trinajstić information content (AvgIpc) is 2.24. The number of hydrogen-bond donors (Lipinski definition) is 1. The number of hydrogen-bond acceptors (Lipinski definition) is 4. The van der Waals surface area contributed by atoms with Crippen molar-refractivity contribution in [1.82, 2.24) is 0 Å². The highest BCUT2D eigenvalue weighted by Gasteiger charge is 2.23. The van der Waals surface area contributed by atoms with Gasteiger partial charge in [0.1, 0.15) is 6.61 Å². The minimum absolute atomic E-state index is 0.0724. The Morgan fingerprint density at radius 1 is 1.64 bits per heavy atom. The molecule has 0 rings (SSSR count). The molecule has 4 nitrogen and oxygen atoms in total. The second-order valence-electron chi connectivity index (χ2n) is 3.16. The van der Waals surface area contributed by atoms with E-state index >= 15 is 0 Å². The summed E-state index contributed by atoms with van der Waals surface area (Å²) in [6, 6.07) is 0. The first-order valence-electron chi connectivity index (χ1n) is 4.25. The van der Waals surface area contributed by atoms with E-state index in [1.54, 1.807) is 26.8 Å². The highest BCUT2D eigenvalue weighted by Crippen LogP contribution is 2.11. The fraction of sp³-hybridized carbons (Fsp3) is 0.500. The van der Waals surface area contributed by atoms with E-state index < -0.39 is 11.6 Å². The van der Waals surface area contributed by atoms with E-state index in [0.29, 0.717) is 5.57 Å². The van der Waals surface area contributed by atoms with Gasteiger partial charge in [-0.25, -0.2) is 9.68 Å². The fourth-order valence-corrected chi connectivity index (χ4v) is 0.563. The molecule has 14 heavy (non-hydrogen) atoms. The molecule has 1 unspecified atom stereocenters. The lowest BCUT2D eigenvalue weighted by atomic mass is 10.1. The molecule has 4 heteroatoms. The van der Waals surface area contributed by atoms with Gasteiger partial charge in [0.05, 0.1) is 0 Å². The van der Waals surface area contributed by atoms with Crippen molar-refractivity contribution in [3.63, 3.8) is 0 Å². The lowest BCUT2D eigenvalue weighted by Gasteiger charge is -2.20. The monoisotopic (exact) mass is 200 g/mol. The summed E-state index contributed by atoms with van der Waals surface area (Å²) >= 11 is 0. The van der Waals surface area contributed by atoms with E-state index in [1.807, 2.05) is 0 Å². The zero-order chi connectivity index (χ0) is 11.2. The quantitative estimate of drug-likeness (QED) is 0.242. The summed E-state index contributed by atoms with van der Waals surface area (Å²) in [5.41, 5.74) is -0.543. The van der Waals surface area contributed by atoms with Crippen LogP contribution in [0.3, 0.4) is 0 Å². The third-order valence-electron chi connectivity index (χ3n) is 1.89. The maximum Gasteiger partial charge on any atom is 0.333 e. The lowest BCUT2D eigenvalue weighted by Crippen LogP contribution is -2.32. The van der Waals surface area contributed by atoms with Gasteiger partial charge in [0.25, 0.3) is 0 Å². The SMILES string of the molecule is C=CC(C)(COC(=O)/C(C)=C\C)OO. The molecule has 0 spiro atoms. The number of carbonyl (C=O) groups excluding carboxylic acids is 1.